The Labute approximate surface area is 134 Å². The summed E-state index contributed by atoms with van der Waals surface area (Å²) in [6, 6.07) is 7.82. The molecule has 128 valence electrons. The van der Waals surface area contributed by atoms with Gasteiger partial charge in [-0.15, -0.1) is 13.2 Å². The van der Waals surface area contributed by atoms with Crippen LogP contribution in [0.5, 0.6) is 5.75 Å². The maximum absolute atomic E-state index is 12.2. The van der Waals surface area contributed by atoms with Gasteiger partial charge in [0.2, 0.25) is 5.91 Å². The van der Waals surface area contributed by atoms with Gasteiger partial charge in [0.1, 0.15) is 5.75 Å². The number of anilines is 1. The molecule has 0 radical (unpaired) electrons. The van der Waals surface area contributed by atoms with Gasteiger partial charge in [0.25, 0.3) is 5.91 Å². The SMILES string of the molecule is CN(CC(=O)Nc1cccc(OC(F)(F)F)c1)C(=O)c1ccco1. The Morgan fingerprint density at radius 3 is 2.62 bits per heavy atom. The molecule has 2 amide bonds. The Kier molecular flexibility index (Phi) is 5.12. The van der Waals surface area contributed by atoms with Crippen LogP contribution in [0.15, 0.2) is 47.1 Å². The summed E-state index contributed by atoms with van der Waals surface area (Å²) in [5.41, 5.74) is 0.112. The number of ether oxygens (including phenoxy) is 1. The molecule has 2 aromatic rings. The minimum absolute atomic E-state index is 0.0749. The number of likely N-dealkylation sites (N-methyl/N-ethyl adjacent to an activating group) is 1. The topological polar surface area (TPSA) is 71.8 Å². The first kappa shape index (κ1) is 17.4. The largest absolute Gasteiger partial charge is 0.573 e. The van der Waals surface area contributed by atoms with Crippen LogP contribution in [0.25, 0.3) is 0 Å². The van der Waals surface area contributed by atoms with Gasteiger partial charge in [0.05, 0.1) is 12.8 Å². The highest BCUT2D eigenvalue weighted by atomic mass is 19.4. The summed E-state index contributed by atoms with van der Waals surface area (Å²) in [4.78, 5) is 24.9. The molecule has 0 aliphatic heterocycles. The molecule has 1 N–H and O–H groups in total. The van der Waals surface area contributed by atoms with Crippen molar-refractivity contribution >= 4 is 17.5 Å². The van der Waals surface area contributed by atoms with E-state index in [2.05, 4.69) is 10.1 Å². The van der Waals surface area contributed by atoms with E-state index in [0.29, 0.717) is 0 Å². The molecular weight excluding hydrogens is 329 g/mol. The van der Waals surface area contributed by atoms with Gasteiger partial charge in [-0.05, 0) is 24.3 Å². The smallest absolute Gasteiger partial charge is 0.459 e. The highest BCUT2D eigenvalue weighted by Crippen LogP contribution is 2.25. The zero-order valence-electron chi connectivity index (χ0n) is 12.5. The first-order chi connectivity index (χ1) is 11.2. The Hall–Kier alpha value is -2.97. The molecule has 9 heteroatoms. The van der Waals surface area contributed by atoms with Crippen molar-refractivity contribution in [3.05, 3.63) is 48.4 Å². The Bertz CT molecular complexity index is 714. The number of benzene rings is 1. The summed E-state index contributed by atoms with van der Waals surface area (Å²) in [5.74, 6) is -1.46. The summed E-state index contributed by atoms with van der Waals surface area (Å²) in [5, 5.41) is 2.39. The maximum Gasteiger partial charge on any atom is 0.573 e. The lowest BCUT2D eigenvalue weighted by atomic mass is 10.3. The van der Waals surface area contributed by atoms with Crippen molar-refractivity contribution in [1.82, 2.24) is 4.90 Å². The third kappa shape index (κ3) is 5.04. The molecule has 0 fully saturated rings. The number of nitrogens with one attached hydrogen (secondary N) is 1. The summed E-state index contributed by atoms with van der Waals surface area (Å²) in [6.45, 7) is -0.302. The van der Waals surface area contributed by atoms with Gasteiger partial charge in [-0.1, -0.05) is 6.07 Å². The summed E-state index contributed by atoms with van der Waals surface area (Å²) >= 11 is 0. The van der Waals surface area contributed by atoms with Crippen molar-refractivity contribution < 1.29 is 31.9 Å². The van der Waals surface area contributed by atoms with Crippen molar-refractivity contribution in [2.24, 2.45) is 0 Å². The predicted molar refractivity (Wildman–Crippen MR) is 77.4 cm³/mol. The fourth-order valence-corrected chi connectivity index (χ4v) is 1.85. The minimum Gasteiger partial charge on any atom is -0.459 e. The van der Waals surface area contributed by atoms with E-state index in [1.165, 1.54) is 37.6 Å². The van der Waals surface area contributed by atoms with E-state index < -0.39 is 23.9 Å². The lowest BCUT2D eigenvalue weighted by Gasteiger charge is -2.16. The van der Waals surface area contributed by atoms with E-state index in [9.17, 15) is 22.8 Å². The molecule has 0 saturated heterocycles. The van der Waals surface area contributed by atoms with Gasteiger partial charge < -0.3 is 19.4 Å². The monoisotopic (exact) mass is 342 g/mol. The van der Waals surface area contributed by atoms with Gasteiger partial charge in [-0.25, -0.2) is 0 Å². The van der Waals surface area contributed by atoms with Crippen molar-refractivity contribution in [3.8, 4) is 5.75 Å². The Morgan fingerprint density at radius 1 is 1.25 bits per heavy atom. The molecule has 0 unspecified atom stereocenters. The second-order valence-electron chi connectivity index (χ2n) is 4.76. The number of hydrogen-bond acceptors (Lipinski definition) is 4. The second kappa shape index (κ2) is 7.07. The minimum atomic E-state index is -4.82. The van der Waals surface area contributed by atoms with E-state index in [1.807, 2.05) is 0 Å². The molecule has 0 aliphatic carbocycles. The van der Waals surface area contributed by atoms with E-state index in [-0.39, 0.29) is 18.0 Å². The average Bonchev–Trinajstić information content (AvgIpc) is 2.98. The van der Waals surface area contributed by atoms with Crippen LogP contribution in [-0.2, 0) is 4.79 Å². The van der Waals surface area contributed by atoms with Crippen LogP contribution in [0.1, 0.15) is 10.6 Å². The lowest BCUT2D eigenvalue weighted by Crippen LogP contribution is -2.34. The lowest BCUT2D eigenvalue weighted by molar-refractivity contribution is -0.274. The van der Waals surface area contributed by atoms with E-state index in [0.717, 1.165) is 17.0 Å². The van der Waals surface area contributed by atoms with Crippen LogP contribution in [0.2, 0.25) is 0 Å². The molecule has 1 aromatic heterocycles. The number of carbonyl (C=O) groups is 2. The molecule has 0 saturated carbocycles. The number of amides is 2. The third-order valence-electron chi connectivity index (χ3n) is 2.81. The van der Waals surface area contributed by atoms with E-state index >= 15 is 0 Å². The van der Waals surface area contributed by atoms with Crippen LogP contribution >= 0.6 is 0 Å². The molecule has 0 aliphatic rings. The summed E-state index contributed by atoms with van der Waals surface area (Å²) < 4.78 is 45.2. The quantitative estimate of drug-likeness (QED) is 0.907. The summed E-state index contributed by atoms with van der Waals surface area (Å²) in [7, 11) is 1.40. The maximum atomic E-state index is 12.2. The van der Waals surface area contributed by atoms with Crippen LogP contribution < -0.4 is 10.1 Å². The van der Waals surface area contributed by atoms with Crippen molar-refractivity contribution in [2.75, 3.05) is 18.9 Å². The molecule has 0 spiro atoms. The number of nitrogens with zero attached hydrogens (tertiary/aromatic N) is 1. The van der Waals surface area contributed by atoms with Gasteiger partial charge in [-0.2, -0.15) is 0 Å². The van der Waals surface area contributed by atoms with Crippen LogP contribution in [0.4, 0.5) is 18.9 Å². The number of hydrogen-bond donors (Lipinski definition) is 1. The molecule has 0 atom stereocenters. The van der Waals surface area contributed by atoms with Crippen molar-refractivity contribution in [1.29, 1.82) is 0 Å². The number of halogens is 3. The van der Waals surface area contributed by atoms with Gasteiger partial charge >= 0.3 is 6.36 Å². The molecule has 24 heavy (non-hydrogen) atoms. The first-order valence-electron chi connectivity index (χ1n) is 6.69. The number of rotatable bonds is 5. The van der Waals surface area contributed by atoms with Crippen molar-refractivity contribution in [3.63, 3.8) is 0 Å². The second-order valence-corrected chi connectivity index (χ2v) is 4.76. The summed E-state index contributed by atoms with van der Waals surface area (Å²) in [6.07, 6.45) is -3.49. The molecule has 1 heterocycles. The molecule has 1 aromatic carbocycles. The highest BCUT2D eigenvalue weighted by molar-refractivity contribution is 5.97. The molecule has 6 nitrogen and oxygen atoms in total. The normalized spacial score (nSPS) is 11.0. The number of furan rings is 1. The fraction of sp³-hybridized carbons (Fsp3) is 0.200. The average molecular weight is 342 g/mol. The van der Waals surface area contributed by atoms with Crippen LogP contribution in [0, 0.1) is 0 Å². The fourth-order valence-electron chi connectivity index (χ4n) is 1.85. The Balaban J connectivity index is 1.95. The molecule has 0 bridgehead atoms. The highest BCUT2D eigenvalue weighted by Gasteiger charge is 2.31. The van der Waals surface area contributed by atoms with Gasteiger partial charge in [0, 0.05) is 18.8 Å². The van der Waals surface area contributed by atoms with E-state index in [4.69, 9.17) is 4.42 Å². The zero-order chi connectivity index (χ0) is 17.7. The zero-order valence-corrected chi connectivity index (χ0v) is 12.5. The Morgan fingerprint density at radius 2 is 2.00 bits per heavy atom. The van der Waals surface area contributed by atoms with E-state index in [1.54, 1.807) is 0 Å². The predicted octanol–water partition coefficient (Wildman–Crippen LogP) is 2.89. The van der Waals surface area contributed by atoms with Crippen LogP contribution in [-0.4, -0.2) is 36.7 Å². The van der Waals surface area contributed by atoms with Gasteiger partial charge in [0.15, 0.2) is 5.76 Å². The van der Waals surface area contributed by atoms with Crippen LogP contribution in [0.3, 0.4) is 0 Å². The first-order valence-corrected chi connectivity index (χ1v) is 6.69. The van der Waals surface area contributed by atoms with Gasteiger partial charge in [-0.3, -0.25) is 9.59 Å². The van der Waals surface area contributed by atoms with Crippen molar-refractivity contribution in [2.45, 2.75) is 6.36 Å². The molecular formula is C15H13F3N2O4. The standard InChI is InChI=1S/C15H13F3N2O4/c1-20(14(22)12-6-3-7-23-12)9-13(21)19-10-4-2-5-11(8-10)24-15(16,17)18/h2-8H,9H2,1H3,(H,19,21). The molecule has 2 rings (SSSR count). The number of alkyl halides is 3. The number of carbonyl (C=O) groups excluding carboxylic acids is 2. The third-order valence-corrected chi connectivity index (χ3v) is 2.81.